The van der Waals surface area contributed by atoms with Gasteiger partial charge in [0.1, 0.15) is 0 Å². The summed E-state index contributed by atoms with van der Waals surface area (Å²) in [5, 5.41) is 3.37. The fourth-order valence-electron chi connectivity index (χ4n) is 2.21. The van der Waals surface area contributed by atoms with Gasteiger partial charge in [-0.25, -0.2) is 9.97 Å². The zero-order valence-electron chi connectivity index (χ0n) is 9.33. The fraction of sp³-hybridized carbons (Fsp3) is 0.636. The highest BCUT2D eigenvalue weighted by Crippen LogP contribution is 2.38. The Bertz CT molecular complexity index is 348. The predicted molar refractivity (Wildman–Crippen MR) is 61.5 cm³/mol. The van der Waals surface area contributed by atoms with Crippen LogP contribution in [0.3, 0.4) is 0 Å². The Morgan fingerprint density at radius 1 is 1.40 bits per heavy atom. The molecule has 4 nitrogen and oxygen atoms in total. The minimum absolute atomic E-state index is 0.439. The van der Waals surface area contributed by atoms with E-state index in [-0.39, 0.29) is 0 Å². The molecule has 1 aromatic heterocycles. The normalized spacial score (nSPS) is 24.0. The van der Waals surface area contributed by atoms with Gasteiger partial charge in [0.05, 0.1) is 0 Å². The van der Waals surface area contributed by atoms with Gasteiger partial charge in [-0.3, -0.25) is 0 Å². The van der Waals surface area contributed by atoms with Crippen LogP contribution < -0.4 is 11.1 Å². The van der Waals surface area contributed by atoms with Crippen LogP contribution in [0.1, 0.15) is 33.1 Å². The van der Waals surface area contributed by atoms with Crippen molar-refractivity contribution in [1.29, 1.82) is 0 Å². The Hall–Kier alpha value is -1.32. The molecule has 0 amide bonds. The summed E-state index contributed by atoms with van der Waals surface area (Å²) in [6.45, 7) is 4.60. The third kappa shape index (κ3) is 2.37. The Balaban J connectivity index is 2.02. The number of nitrogens with one attached hydrogen (secondary N) is 1. The fourth-order valence-corrected chi connectivity index (χ4v) is 2.21. The van der Waals surface area contributed by atoms with Crippen LogP contribution in [0.4, 0.5) is 11.6 Å². The average molecular weight is 206 g/mol. The molecule has 0 spiro atoms. The second-order valence-electron chi connectivity index (χ2n) is 5.04. The Labute approximate surface area is 90.3 Å². The Morgan fingerprint density at radius 2 is 2.13 bits per heavy atom. The quantitative estimate of drug-likeness (QED) is 0.777. The first kappa shape index (κ1) is 10.2. The molecule has 1 atom stereocenters. The highest BCUT2D eigenvalue weighted by atomic mass is 15.1. The second kappa shape index (κ2) is 3.68. The summed E-state index contributed by atoms with van der Waals surface area (Å²) < 4.78 is 0. The molecule has 0 bridgehead atoms. The average Bonchev–Trinajstić information content (AvgIpc) is 2.50. The van der Waals surface area contributed by atoms with Crippen molar-refractivity contribution >= 4 is 11.6 Å². The second-order valence-corrected chi connectivity index (χ2v) is 5.04. The molecule has 82 valence electrons. The summed E-state index contributed by atoms with van der Waals surface area (Å²) >= 11 is 0. The van der Waals surface area contributed by atoms with Gasteiger partial charge in [0, 0.05) is 18.4 Å². The number of nitrogens with zero attached hydrogens (tertiary/aromatic N) is 2. The van der Waals surface area contributed by atoms with E-state index in [1.807, 2.05) is 0 Å². The summed E-state index contributed by atoms with van der Waals surface area (Å²) in [6, 6.07) is 0.485. The maximum absolute atomic E-state index is 5.73. The summed E-state index contributed by atoms with van der Waals surface area (Å²) in [4.78, 5) is 8.20. The summed E-state index contributed by atoms with van der Waals surface area (Å²) in [6.07, 6.45) is 6.88. The number of aromatic nitrogens is 2. The van der Waals surface area contributed by atoms with E-state index in [0.717, 1.165) is 5.82 Å². The standard InChI is InChI=1S/C11H18N4/c1-11(2)4-3-8(7-11)15-10-9(12)13-5-6-14-10/h5-6,8H,3-4,7H2,1-2H3,(H2,12,13)(H,14,15). The zero-order chi connectivity index (χ0) is 10.9. The molecular weight excluding hydrogens is 188 g/mol. The van der Waals surface area contributed by atoms with Crippen LogP contribution in [-0.2, 0) is 0 Å². The van der Waals surface area contributed by atoms with E-state index in [9.17, 15) is 0 Å². The van der Waals surface area contributed by atoms with E-state index in [4.69, 9.17) is 5.73 Å². The minimum Gasteiger partial charge on any atom is -0.381 e. The maximum atomic E-state index is 5.73. The first-order valence-corrected chi connectivity index (χ1v) is 5.40. The predicted octanol–water partition coefficient (Wildman–Crippen LogP) is 2.05. The van der Waals surface area contributed by atoms with E-state index in [1.165, 1.54) is 19.3 Å². The molecule has 3 N–H and O–H groups in total. The number of nitrogens with two attached hydrogens (primary N) is 1. The number of hydrogen-bond acceptors (Lipinski definition) is 4. The highest BCUT2D eigenvalue weighted by Gasteiger charge is 2.31. The van der Waals surface area contributed by atoms with Crippen LogP contribution in [-0.4, -0.2) is 16.0 Å². The number of nitrogen functional groups attached to an aromatic ring is 1. The van der Waals surface area contributed by atoms with E-state index >= 15 is 0 Å². The van der Waals surface area contributed by atoms with Crippen molar-refractivity contribution in [3.05, 3.63) is 12.4 Å². The van der Waals surface area contributed by atoms with E-state index in [0.29, 0.717) is 17.3 Å². The van der Waals surface area contributed by atoms with Crippen LogP contribution in [0, 0.1) is 5.41 Å². The van der Waals surface area contributed by atoms with Crippen molar-refractivity contribution in [2.45, 2.75) is 39.2 Å². The maximum Gasteiger partial charge on any atom is 0.169 e. The Kier molecular flexibility index (Phi) is 2.50. The molecule has 4 heteroatoms. The van der Waals surface area contributed by atoms with Crippen molar-refractivity contribution < 1.29 is 0 Å². The van der Waals surface area contributed by atoms with Gasteiger partial charge in [0.25, 0.3) is 0 Å². The highest BCUT2D eigenvalue weighted by molar-refractivity contribution is 5.55. The van der Waals surface area contributed by atoms with Gasteiger partial charge in [-0.15, -0.1) is 0 Å². The molecule has 2 rings (SSSR count). The van der Waals surface area contributed by atoms with Crippen molar-refractivity contribution in [1.82, 2.24) is 9.97 Å². The lowest BCUT2D eigenvalue weighted by Crippen LogP contribution is -2.19. The molecular formula is C11H18N4. The molecule has 1 fully saturated rings. The lowest BCUT2D eigenvalue weighted by molar-refractivity contribution is 0.378. The van der Waals surface area contributed by atoms with Gasteiger partial charge in [0.15, 0.2) is 11.6 Å². The third-order valence-electron chi connectivity index (χ3n) is 3.04. The molecule has 0 aromatic carbocycles. The van der Waals surface area contributed by atoms with Gasteiger partial charge in [-0.05, 0) is 24.7 Å². The van der Waals surface area contributed by atoms with Crippen LogP contribution >= 0.6 is 0 Å². The van der Waals surface area contributed by atoms with Crippen molar-refractivity contribution in [3.8, 4) is 0 Å². The van der Waals surface area contributed by atoms with E-state index < -0.39 is 0 Å². The SMILES string of the molecule is CC1(C)CCC(Nc2nccnc2N)C1. The molecule has 1 aliphatic carbocycles. The van der Waals surface area contributed by atoms with Gasteiger partial charge in [-0.1, -0.05) is 13.8 Å². The number of hydrogen-bond donors (Lipinski definition) is 2. The van der Waals surface area contributed by atoms with E-state index in [1.54, 1.807) is 12.4 Å². The third-order valence-corrected chi connectivity index (χ3v) is 3.04. The summed E-state index contributed by atoms with van der Waals surface area (Å²) in [5.41, 5.74) is 6.17. The molecule has 15 heavy (non-hydrogen) atoms. The smallest absolute Gasteiger partial charge is 0.169 e. The zero-order valence-corrected chi connectivity index (χ0v) is 9.33. The molecule has 0 aliphatic heterocycles. The van der Waals surface area contributed by atoms with Gasteiger partial charge >= 0.3 is 0 Å². The molecule has 1 aliphatic rings. The van der Waals surface area contributed by atoms with Gasteiger partial charge in [0.2, 0.25) is 0 Å². The topological polar surface area (TPSA) is 63.8 Å². The lowest BCUT2D eigenvalue weighted by Gasteiger charge is -2.18. The molecule has 1 unspecified atom stereocenters. The van der Waals surface area contributed by atoms with Crippen LogP contribution in [0.15, 0.2) is 12.4 Å². The molecule has 0 radical (unpaired) electrons. The molecule has 0 saturated heterocycles. The van der Waals surface area contributed by atoms with Crippen molar-refractivity contribution in [2.24, 2.45) is 5.41 Å². The van der Waals surface area contributed by atoms with Crippen LogP contribution in [0.5, 0.6) is 0 Å². The first-order chi connectivity index (χ1) is 7.07. The van der Waals surface area contributed by atoms with Gasteiger partial charge < -0.3 is 11.1 Å². The minimum atomic E-state index is 0.439. The van der Waals surface area contributed by atoms with Crippen molar-refractivity contribution in [3.63, 3.8) is 0 Å². The summed E-state index contributed by atoms with van der Waals surface area (Å²) in [5.74, 6) is 1.21. The van der Waals surface area contributed by atoms with Gasteiger partial charge in [-0.2, -0.15) is 0 Å². The van der Waals surface area contributed by atoms with Crippen molar-refractivity contribution in [2.75, 3.05) is 11.1 Å². The monoisotopic (exact) mass is 206 g/mol. The lowest BCUT2D eigenvalue weighted by atomic mass is 9.92. The van der Waals surface area contributed by atoms with Crippen LogP contribution in [0.25, 0.3) is 0 Å². The Morgan fingerprint density at radius 3 is 2.73 bits per heavy atom. The van der Waals surface area contributed by atoms with Crippen LogP contribution in [0.2, 0.25) is 0 Å². The number of anilines is 2. The number of rotatable bonds is 2. The molecule has 1 saturated carbocycles. The van der Waals surface area contributed by atoms with E-state index in [2.05, 4.69) is 29.1 Å². The summed E-state index contributed by atoms with van der Waals surface area (Å²) in [7, 11) is 0. The first-order valence-electron chi connectivity index (χ1n) is 5.40. The molecule has 1 heterocycles. The largest absolute Gasteiger partial charge is 0.381 e. The molecule has 1 aromatic rings.